The minimum atomic E-state index is -0.955. The van der Waals surface area contributed by atoms with E-state index in [0.717, 1.165) is 4.90 Å². The molecule has 6 nitrogen and oxygen atoms in total. The summed E-state index contributed by atoms with van der Waals surface area (Å²) >= 11 is 0. The summed E-state index contributed by atoms with van der Waals surface area (Å²) in [6.07, 6.45) is 0.586. The average molecular weight is 256 g/mol. The number of likely N-dealkylation sites (N-methyl/N-ethyl adjacent to an activating group) is 1. The van der Waals surface area contributed by atoms with Gasteiger partial charge in [-0.15, -0.1) is 0 Å². The molecule has 18 heavy (non-hydrogen) atoms. The maximum absolute atomic E-state index is 11.8. The molecule has 3 amide bonds. The highest BCUT2D eigenvalue weighted by molar-refractivity contribution is 6.02. The second kappa shape index (κ2) is 5.48. The first-order chi connectivity index (χ1) is 8.20. The number of hydrogen-bond donors (Lipinski definition) is 1. The fraction of sp³-hybridized carbons (Fsp3) is 0.750. The Kier molecular flexibility index (Phi) is 4.45. The molecule has 1 saturated heterocycles. The largest absolute Gasteiger partial charge is 0.389 e. The quantitative estimate of drug-likeness (QED) is 0.688. The Balaban J connectivity index is 2.41. The van der Waals surface area contributed by atoms with Crippen molar-refractivity contribution in [2.75, 3.05) is 20.1 Å². The Hall–Kier alpha value is -1.43. The summed E-state index contributed by atoms with van der Waals surface area (Å²) in [5.74, 6) is -0.611. The summed E-state index contributed by atoms with van der Waals surface area (Å²) in [7, 11) is 1.59. The first-order valence-electron chi connectivity index (χ1n) is 6.00. The van der Waals surface area contributed by atoms with E-state index >= 15 is 0 Å². The molecule has 0 radical (unpaired) electrons. The molecule has 1 fully saturated rings. The van der Waals surface area contributed by atoms with Crippen LogP contribution in [-0.2, 0) is 14.4 Å². The van der Waals surface area contributed by atoms with Crippen molar-refractivity contribution in [1.29, 1.82) is 0 Å². The van der Waals surface area contributed by atoms with Gasteiger partial charge in [-0.1, -0.05) is 0 Å². The van der Waals surface area contributed by atoms with E-state index in [1.807, 2.05) is 0 Å². The smallest absolute Gasteiger partial charge is 0.229 e. The Bertz CT molecular complexity index is 344. The number of amides is 3. The van der Waals surface area contributed by atoms with Gasteiger partial charge in [0.15, 0.2) is 0 Å². The topological polar surface area (TPSA) is 77.9 Å². The Morgan fingerprint density at radius 2 is 1.83 bits per heavy atom. The minimum Gasteiger partial charge on any atom is -0.389 e. The van der Waals surface area contributed by atoms with Gasteiger partial charge in [0.25, 0.3) is 0 Å². The van der Waals surface area contributed by atoms with Gasteiger partial charge in [-0.2, -0.15) is 0 Å². The zero-order valence-electron chi connectivity index (χ0n) is 11.1. The molecule has 0 atom stereocenters. The Labute approximate surface area is 107 Å². The zero-order chi connectivity index (χ0) is 13.9. The van der Waals surface area contributed by atoms with Crippen molar-refractivity contribution in [2.24, 2.45) is 0 Å². The van der Waals surface area contributed by atoms with Crippen LogP contribution in [0.1, 0.15) is 33.1 Å². The molecule has 6 heteroatoms. The molecule has 1 aliphatic rings. The molecule has 1 N–H and O–H groups in total. The van der Waals surface area contributed by atoms with Crippen molar-refractivity contribution in [3.05, 3.63) is 0 Å². The lowest BCUT2D eigenvalue weighted by atomic mass is 10.1. The Morgan fingerprint density at radius 3 is 2.28 bits per heavy atom. The normalized spacial score (nSPS) is 16.3. The van der Waals surface area contributed by atoms with E-state index in [4.69, 9.17) is 0 Å². The van der Waals surface area contributed by atoms with E-state index in [9.17, 15) is 19.5 Å². The molecule has 0 unspecified atom stereocenters. The molecule has 0 aromatic rings. The first kappa shape index (κ1) is 14.6. The van der Waals surface area contributed by atoms with Gasteiger partial charge in [-0.05, 0) is 13.8 Å². The highest BCUT2D eigenvalue weighted by Crippen LogP contribution is 2.12. The van der Waals surface area contributed by atoms with Gasteiger partial charge in [0.2, 0.25) is 17.7 Å². The summed E-state index contributed by atoms with van der Waals surface area (Å²) in [5.41, 5.74) is -0.955. The Morgan fingerprint density at radius 1 is 1.33 bits per heavy atom. The van der Waals surface area contributed by atoms with E-state index in [1.165, 1.54) is 4.90 Å². The van der Waals surface area contributed by atoms with E-state index in [0.29, 0.717) is 0 Å². The number of nitrogens with zero attached hydrogens (tertiary/aromatic N) is 2. The first-order valence-corrected chi connectivity index (χ1v) is 6.00. The second-order valence-electron chi connectivity index (χ2n) is 5.25. The minimum absolute atomic E-state index is 0.101. The molecule has 0 saturated carbocycles. The third-order valence-electron chi connectivity index (χ3n) is 2.75. The average Bonchev–Trinajstić information content (AvgIpc) is 2.53. The fourth-order valence-corrected chi connectivity index (χ4v) is 1.94. The van der Waals surface area contributed by atoms with Crippen molar-refractivity contribution in [1.82, 2.24) is 9.80 Å². The highest BCUT2D eigenvalue weighted by atomic mass is 16.3. The number of likely N-dealkylation sites (tertiary alicyclic amines) is 1. The van der Waals surface area contributed by atoms with Crippen molar-refractivity contribution in [2.45, 2.75) is 38.7 Å². The van der Waals surface area contributed by atoms with Gasteiger partial charge < -0.3 is 10.0 Å². The predicted octanol–water partition coefficient (Wildman–Crippen LogP) is -0.245. The molecule has 0 spiro atoms. The number of hydrogen-bond acceptors (Lipinski definition) is 4. The van der Waals surface area contributed by atoms with Crippen LogP contribution in [-0.4, -0.2) is 58.4 Å². The molecular weight excluding hydrogens is 236 g/mol. The maximum atomic E-state index is 11.8. The third-order valence-corrected chi connectivity index (χ3v) is 2.75. The summed E-state index contributed by atoms with van der Waals surface area (Å²) < 4.78 is 0. The predicted molar refractivity (Wildman–Crippen MR) is 64.5 cm³/mol. The third kappa shape index (κ3) is 4.10. The van der Waals surface area contributed by atoms with Crippen LogP contribution in [0.4, 0.5) is 0 Å². The number of rotatable bonds is 5. The molecule has 1 rings (SSSR count). The molecule has 0 aliphatic carbocycles. The lowest BCUT2D eigenvalue weighted by Gasteiger charge is -2.26. The van der Waals surface area contributed by atoms with Crippen molar-refractivity contribution in [3.63, 3.8) is 0 Å². The van der Waals surface area contributed by atoms with Crippen LogP contribution in [0.2, 0.25) is 0 Å². The summed E-state index contributed by atoms with van der Waals surface area (Å²) in [6, 6.07) is 0. The zero-order valence-corrected chi connectivity index (χ0v) is 11.1. The van der Waals surface area contributed by atoms with Crippen molar-refractivity contribution >= 4 is 17.7 Å². The summed E-state index contributed by atoms with van der Waals surface area (Å²) in [5, 5.41) is 9.59. The number of carbonyl (C=O) groups excluding carboxylic acids is 3. The highest BCUT2D eigenvalue weighted by Gasteiger charge is 2.29. The van der Waals surface area contributed by atoms with E-state index in [1.54, 1.807) is 20.9 Å². The van der Waals surface area contributed by atoms with E-state index in [2.05, 4.69) is 0 Å². The van der Waals surface area contributed by atoms with Gasteiger partial charge in [0.05, 0.1) is 5.60 Å². The number of imide groups is 1. The van der Waals surface area contributed by atoms with Gasteiger partial charge in [0.1, 0.15) is 0 Å². The second-order valence-corrected chi connectivity index (χ2v) is 5.25. The molecule has 0 bridgehead atoms. The van der Waals surface area contributed by atoms with Crippen molar-refractivity contribution in [3.8, 4) is 0 Å². The molecule has 1 aliphatic heterocycles. The van der Waals surface area contributed by atoms with Gasteiger partial charge in [0, 0.05) is 39.4 Å². The van der Waals surface area contributed by atoms with E-state index < -0.39 is 5.60 Å². The molecular formula is C12H20N2O4. The van der Waals surface area contributed by atoms with Crippen LogP contribution >= 0.6 is 0 Å². The van der Waals surface area contributed by atoms with Gasteiger partial charge in [-0.3, -0.25) is 19.3 Å². The standard InChI is InChI=1S/C12H20N2O4/c1-12(2,18)8-13(3)9(15)6-7-14-10(16)4-5-11(14)17/h18H,4-8H2,1-3H3. The van der Waals surface area contributed by atoms with Gasteiger partial charge in [-0.25, -0.2) is 0 Å². The maximum Gasteiger partial charge on any atom is 0.229 e. The number of aliphatic hydroxyl groups is 1. The molecule has 0 aromatic carbocycles. The molecule has 1 heterocycles. The van der Waals surface area contributed by atoms with Gasteiger partial charge >= 0.3 is 0 Å². The van der Waals surface area contributed by atoms with Crippen LogP contribution in [0.15, 0.2) is 0 Å². The van der Waals surface area contributed by atoms with Crippen LogP contribution in [0.5, 0.6) is 0 Å². The monoisotopic (exact) mass is 256 g/mol. The fourth-order valence-electron chi connectivity index (χ4n) is 1.94. The number of carbonyl (C=O) groups is 3. The van der Waals surface area contributed by atoms with Crippen LogP contribution < -0.4 is 0 Å². The lowest BCUT2D eigenvalue weighted by Crippen LogP contribution is -2.41. The lowest BCUT2D eigenvalue weighted by molar-refractivity contribution is -0.139. The van der Waals surface area contributed by atoms with Crippen LogP contribution in [0.3, 0.4) is 0 Å². The van der Waals surface area contributed by atoms with E-state index in [-0.39, 0.29) is 50.1 Å². The SMILES string of the molecule is CN(CC(C)(C)O)C(=O)CCN1C(=O)CCC1=O. The molecule has 0 aromatic heterocycles. The summed E-state index contributed by atoms with van der Waals surface area (Å²) in [6.45, 7) is 3.58. The van der Waals surface area contributed by atoms with Crippen molar-refractivity contribution < 1.29 is 19.5 Å². The van der Waals surface area contributed by atoms with Crippen LogP contribution in [0.25, 0.3) is 0 Å². The molecule has 102 valence electrons. The summed E-state index contributed by atoms with van der Waals surface area (Å²) in [4.78, 5) is 37.0. The van der Waals surface area contributed by atoms with Crippen LogP contribution in [0, 0.1) is 0 Å².